The van der Waals surface area contributed by atoms with Crippen LogP contribution in [-0.2, 0) is 11.3 Å². The van der Waals surface area contributed by atoms with Gasteiger partial charge in [-0.1, -0.05) is 18.2 Å². The third-order valence-electron chi connectivity index (χ3n) is 5.76. The van der Waals surface area contributed by atoms with Crippen molar-refractivity contribution in [1.29, 1.82) is 0 Å². The standard InChI is InChI=1S/C25H31N3O2/c1-17-12-18(2)14-20(13-17)30-11-10-27-22-9-7-6-8-21(22)26-24(27)19-15-23(29)28(16-19)25(3,4)5/h6-9,12-14,19H,10-11,15-16H2,1-5H3/t19-/m1/s1. The molecule has 1 saturated heterocycles. The van der Waals surface area contributed by atoms with E-state index in [1.807, 2.05) is 23.1 Å². The number of aryl methyl sites for hydroxylation is 2. The maximum atomic E-state index is 12.7. The minimum atomic E-state index is -0.172. The topological polar surface area (TPSA) is 47.4 Å². The van der Waals surface area contributed by atoms with Crippen molar-refractivity contribution in [3.63, 3.8) is 0 Å². The van der Waals surface area contributed by atoms with Crippen LogP contribution in [-0.4, -0.2) is 39.0 Å². The summed E-state index contributed by atoms with van der Waals surface area (Å²) in [5, 5.41) is 0. The van der Waals surface area contributed by atoms with Gasteiger partial charge in [-0.3, -0.25) is 4.79 Å². The Kier molecular flexibility index (Phi) is 5.31. The average molecular weight is 406 g/mol. The third-order valence-corrected chi connectivity index (χ3v) is 5.76. The zero-order chi connectivity index (χ0) is 21.5. The van der Waals surface area contributed by atoms with Gasteiger partial charge in [-0.05, 0) is 70.0 Å². The molecule has 1 fully saturated rings. The minimum absolute atomic E-state index is 0.102. The molecular formula is C25H31N3O2. The van der Waals surface area contributed by atoms with Gasteiger partial charge in [0.2, 0.25) is 5.91 Å². The number of ether oxygens (including phenoxy) is 1. The van der Waals surface area contributed by atoms with E-state index in [1.54, 1.807) is 0 Å². The number of carbonyl (C=O) groups is 1. The van der Waals surface area contributed by atoms with Crippen molar-refractivity contribution in [2.24, 2.45) is 0 Å². The van der Waals surface area contributed by atoms with E-state index >= 15 is 0 Å². The number of likely N-dealkylation sites (tertiary alicyclic amines) is 1. The lowest BCUT2D eigenvalue weighted by Gasteiger charge is -2.32. The van der Waals surface area contributed by atoms with Crippen LogP contribution in [0.5, 0.6) is 5.75 Å². The van der Waals surface area contributed by atoms with Crippen LogP contribution in [0.25, 0.3) is 11.0 Å². The zero-order valence-electron chi connectivity index (χ0n) is 18.6. The molecule has 30 heavy (non-hydrogen) atoms. The van der Waals surface area contributed by atoms with Gasteiger partial charge in [-0.25, -0.2) is 4.98 Å². The van der Waals surface area contributed by atoms with Crippen LogP contribution < -0.4 is 4.74 Å². The molecule has 4 rings (SSSR count). The lowest BCUT2D eigenvalue weighted by Crippen LogP contribution is -2.42. The van der Waals surface area contributed by atoms with Gasteiger partial charge in [0.1, 0.15) is 18.2 Å². The number of para-hydroxylation sites is 2. The fourth-order valence-electron chi connectivity index (χ4n) is 4.44. The van der Waals surface area contributed by atoms with Gasteiger partial charge in [0.25, 0.3) is 0 Å². The average Bonchev–Trinajstić information content (AvgIpc) is 3.22. The summed E-state index contributed by atoms with van der Waals surface area (Å²) in [6.07, 6.45) is 0.512. The number of carbonyl (C=O) groups excluding carboxylic acids is 1. The Bertz CT molecular complexity index is 1060. The van der Waals surface area contributed by atoms with E-state index in [-0.39, 0.29) is 17.4 Å². The number of fused-ring (bicyclic) bond motifs is 1. The normalized spacial score (nSPS) is 17.2. The second-order valence-corrected chi connectivity index (χ2v) is 9.36. The Hall–Kier alpha value is -2.82. The number of aromatic nitrogens is 2. The SMILES string of the molecule is Cc1cc(C)cc(OCCn2c([C@@H]3CC(=O)N(C(C)(C)C)C3)nc3ccccc32)c1. The number of nitrogens with zero attached hydrogens (tertiary/aromatic N) is 3. The van der Waals surface area contributed by atoms with Gasteiger partial charge >= 0.3 is 0 Å². The number of benzene rings is 2. The van der Waals surface area contributed by atoms with Gasteiger partial charge in [0, 0.05) is 24.4 Å². The lowest BCUT2D eigenvalue weighted by molar-refractivity contribution is -0.131. The van der Waals surface area contributed by atoms with E-state index < -0.39 is 0 Å². The first-order valence-electron chi connectivity index (χ1n) is 10.7. The van der Waals surface area contributed by atoms with E-state index in [4.69, 9.17) is 9.72 Å². The molecule has 2 heterocycles. The molecule has 0 bridgehead atoms. The summed E-state index contributed by atoms with van der Waals surface area (Å²) < 4.78 is 8.32. The molecule has 0 spiro atoms. The monoisotopic (exact) mass is 405 g/mol. The minimum Gasteiger partial charge on any atom is -0.492 e. The highest BCUT2D eigenvalue weighted by molar-refractivity contribution is 5.81. The van der Waals surface area contributed by atoms with Crippen LogP contribution in [0, 0.1) is 13.8 Å². The van der Waals surface area contributed by atoms with E-state index in [9.17, 15) is 4.79 Å². The first kappa shape index (κ1) is 20.5. The molecule has 1 aliphatic rings. The number of rotatable bonds is 5. The van der Waals surface area contributed by atoms with Crippen LogP contribution in [0.4, 0.5) is 0 Å². The molecule has 3 aromatic rings. The largest absolute Gasteiger partial charge is 0.492 e. The Labute approximate surface area is 178 Å². The number of hydrogen-bond acceptors (Lipinski definition) is 3. The van der Waals surface area contributed by atoms with Crippen molar-refractivity contribution >= 4 is 16.9 Å². The summed E-state index contributed by atoms with van der Waals surface area (Å²) in [5.41, 5.74) is 4.30. The Balaban J connectivity index is 1.59. The van der Waals surface area contributed by atoms with Crippen LogP contribution in [0.15, 0.2) is 42.5 Å². The van der Waals surface area contributed by atoms with E-state index in [2.05, 4.69) is 63.5 Å². The van der Waals surface area contributed by atoms with Crippen molar-refractivity contribution in [2.75, 3.05) is 13.2 Å². The zero-order valence-corrected chi connectivity index (χ0v) is 18.6. The van der Waals surface area contributed by atoms with E-state index in [0.717, 1.165) is 22.6 Å². The van der Waals surface area contributed by atoms with Crippen molar-refractivity contribution in [3.05, 3.63) is 59.4 Å². The molecule has 2 aromatic carbocycles. The first-order chi connectivity index (χ1) is 14.2. The summed E-state index contributed by atoms with van der Waals surface area (Å²) in [4.78, 5) is 19.6. The molecular weight excluding hydrogens is 374 g/mol. The highest BCUT2D eigenvalue weighted by atomic mass is 16.5. The van der Waals surface area contributed by atoms with Gasteiger partial charge < -0.3 is 14.2 Å². The molecule has 1 amide bonds. The quantitative estimate of drug-likeness (QED) is 0.610. The fourth-order valence-corrected chi connectivity index (χ4v) is 4.44. The maximum Gasteiger partial charge on any atom is 0.223 e. The van der Waals surface area contributed by atoms with E-state index in [1.165, 1.54) is 11.1 Å². The Morgan fingerprint density at radius 2 is 1.80 bits per heavy atom. The maximum absolute atomic E-state index is 12.7. The number of imidazole rings is 1. The van der Waals surface area contributed by atoms with Crippen molar-refractivity contribution in [1.82, 2.24) is 14.5 Å². The summed E-state index contributed by atoms with van der Waals surface area (Å²) in [7, 11) is 0. The number of hydrogen-bond donors (Lipinski definition) is 0. The molecule has 1 atom stereocenters. The summed E-state index contributed by atoms with van der Waals surface area (Å²) in [6, 6.07) is 14.5. The molecule has 0 aliphatic carbocycles. The molecule has 0 saturated carbocycles. The summed E-state index contributed by atoms with van der Waals surface area (Å²) in [6.45, 7) is 12.4. The first-order valence-corrected chi connectivity index (χ1v) is 10.7. The third kappa shape index (κ3) is 4.07. The molecule has 0 N–H and O–H groups in total. The van der Waals surface area contributed by atoms with Crippen molar-refractivity contribution in [3.8, 4) is 5.75 Å². The van der Waals surface area contributed by atoms with Gasteiger partial charge in [0.15, 0.2) is 0 Å². The second-order valence-electron chi connectivity index (χ2n) is 9.36. The van der Waals surface area contributed by atoms with Crippen LogP contribution in [0.1, 0.15) is 50.1 Å². The molecule has 1 aliphatic heterocycles. The van der Waals surface area contributed by atoms with E-state index in [0.29, 0.717) is 26.1 Å². The highest BCUT2D eigenvalue weighted by Crippen LogP contribution is 2.33. The van der Waals surface area contributed by atoms with Gasteiger partial charge in [-0.2, -0.15) is 0 Å². The van der Waals surface area contributed by atoms with Crippen molar-refractivity contribution < 1.29 is 9.53 Å². The predicted molar refractivity (Wildman–Crippen MR) is 120 cm³/mol. The molecule has 0 radical (unpaired) electrons. The summed E-state index contributed by atoms with van der Waals surface area (Å²) >= 11 is 0. The van der Waals surface area contributed by atoms with Gasteiger partial charge in [0.05, 0.1) is 17.6 Å². The summed E-state index contributed by atoms with van der Waals surface area (Å²) in [5.74, 6) is 2.19. The highest BCUT2D eigenvalue weighted by Gasteiger charge is 2.38. The van der Waals surface area contributed by atoms with Gasteiger partial charge in [-0.15, -0.1) is 0 Å². The Morgan fingerprint density at radius 3 is 2.47 bits per heavy atom. The molecule has 5 heteroatoms. The second kappa shape index (κ2) is 7.78. The lowest BCUT2D eigenvalue weighted by atomic mass is 10.1. The predicted octanol–water partition coefficient (Wildman–Crippen LogP) is 4.85. The fraction of sp³-hybridized carbons (Fsp3) is 0.440. The van der Waals surface area contributed by atoms with Crippen LogP contribution in [0.2, 0.25) is 0 Å². The Morgan fingerprint density at radius 1 is 1.10 bits per heavy atom. The molecule has 0 unspecified atom stereocenters. The number of amides is 1. The van der Waals surface area contributed by atoms with Crippen molar-refractivity contribution in [2.45, 2.75) is 59.0 Å². The molecule has 158 valence electrons. The smallest absolute Gasteiger partial charge is 0.223 e. The van der Waals surface area contributed by atoms with Crippen LogP contribution in [0.3, 0.4) is 0 Å². The molecule has 5 nitrogen and oxygen atoms in total. The van der Waals surface area contributed by atoms with Crippen LogP contribution >= 0.6 is 0 Å². The molecule has 1 aromatic heterocycles.